The third-order valence-electron chi connectivity index (χ3n) is 2.37. The van der Waals surface area contributed by atoms with E-state index in [1.807, 2.05) is 18.2 Å². The molecule has 0 aliphatic carbocycles. The fraction of sp³-hybridized carbons (Fsp3) is 0. The van der Waals surface area contributed by atoms with E-state index in [0.29, 0.717) is 20.7 Å². The Bertz CT molecular complexity index is 649. The van der Waals surface area contributed by atoms with Crippen LogP contribution in [0.2, 0.25) is 5.02 Å². The molecule has 1 amide bonds. The number of halogens is 4. The molecule has 0 saturated carbocycles. The number of hydrogen-bond donors (Lipinski definition) is 1. The minimum Gasteiger partial charge on any atom is -0.321 e. The van der Waals surface area contributed by atoms with Gasteiger partial charge in [-0.3, -0.25) is 4.79 Å². The van der Waals surface area contributed by atoms with E-state index >= 15 is 0 Å². The van der Waals surface area contributed by atoms with Crippen molar-refractivity contribution in [3.63, 3.8) is 0 Å². The Morgan fingerprint density at radius 2 is 1.89 bits per heavy atom. The highest BCUT2D eigenvalue weighted by atomic mass is 127. The molecule has 98 valence electrons. The number of anilines is 1. The van der Waals surface area contributed by atoms with Crippen LogP contribution < -0.4 is 5.32 Å². The zero-order chi connectivity index (χ0) is 14.0. The molecule has 0 aromatic heterocycles. The molecule has 0 aliphatic heterocycles. The normalized spacial score (nSPS) is 10.3. The summed E-state index contributed by atoms with van der Waals surface area (Å²) < 4.78 is 2.56. The molecule has 2 aromatic rings. The Balaban J connectivity index is 2.31. The predicted molar refractivity (Wildman–Crippen MR) is 94.0 cm³/mol. The van der Waals surface area contributed by atoms with Crippen LogP contribution in [0.25, 0.3) is 0 Å². The van der Waals surface area contributed by atoms with Gasteiger partial charge < -0.3 is 5.32 Å². The van der Waals surface area contributed by atoms with Crippen LogP contribution in [0.4, 0.5) is 5.69 Å². The predicted octanol–water partition coefficient (Wildman–Crippen LogP) is 5.72. The molecule has 19 heavy (non-hydrogen) atoms. The van der Waals surface area contributed by atoms with Gasteiger partial charge in [-0.05, 0) is 84.8 Å². The number of amides is 1. The Morgan fingerprint density at radius 3 is 2.63 bits per heavy atom. The summed E-state index contributed by atoms with van der Waals surface area (Å²) >= 11 is 15.0. The second-order valence-electron chi connectivity index (χ2n) is 3.68. The number of benzene rings is 2. The summed E-state index contributed by atoms with van der Waals surface area (Å²) in [4.78, 5) is 12.2. The standard InChI is InChI=1S/C13H7Br2ClINO/c14-9-5-4-7(17)6-11(9)18-13(19)8-2-1-3-10(15)12(8)16/h1-6H,(H,18,19). The summed E-state index contributed by atoms with van der Waals surface area (Å²) in [6, 6.07) is 11.0. The highest BCUT2D eigenvalue weighted by Gasteiger charge is 2.13. The van der Waals surface area contributed by atoms with Gasteiger partial charge in [0.1, 0.15) is 0 Å². The van der Waals surface area contributed by atoms with Gasteiger partial charge in [-0.25, -0.2) is 0 Å². The summed E-state index contributed by atoms with van der Waals surface area (Å²) in [6.07, 6.45) is 0. The Labute approximate surface area is 146 Å². The first-order valence-electron chi connectivity index (χ1n) is 5.19. The van der Waals surface area contributed by atoms with Crippen LogP contribution in [0, 0.1) is 3.57 Å². The first-order chi connectivity index (χ1) is 8.99. The zero-order valence-electron chi connectivity index (χ0n) is 9.38. The fourth-order valence-corrected chi connectivity index (χ4v) is 2.88. The van der Waals surface area contributed by atoms with Crippen molar-refractivity contribution in [2.24, 2.45) is 0 Å². The molecule has 0 saturated heterocycles. The topological polar surface area (TPSA) is 29.1 Å². The van der Waals surface area contributed by atoms with E-state index in [1.54, 1.807) is 18.2 Å². The van der Waals surface area contributed by atoms with Crippen LogP contribution in [-0.4, -0.2) is 5.91 Å². The van der Waals surface area contributed by atoms with Gasteiger partial charge in [0.25, 0.3) is 5.91 Å². The van der Waals surface area contributed by atoms with Gasteiger partial charge in [0.15, 0.2) is 0 Å². The number of hydrogen-bond acceptors (Lipinski definition) is 1. The molecule has 0 atom stereocenters. The van der Waals surface area contributed by atoms with Crippen molar-refractivity contribution in [1.82, 2.24) is 0 Å². The second-order valence-corrected chi connectivity index (χ2v) is 7.01. The molecule has 0 aliphatic rings. The molecular weight excluding hydrogens is 508 g/mol. The smallest absolute Gasteiger partial charge is 0.257 e. The van der Waals surface area contributed by atoms with Crippen LogP contribution in [0.3, 0.4) is 0 Å². The van der Waals surface area contributed by atoms with Gasteiger partial charge >= 0.3 is 0 Å². The molecule has 0 bridgehead atoms. The average Bonchev–Trinajstić information content (AvgIpc) is 2.37. The number of carbonyl (C=O) groups excluding carboxylic acids is 1. The molecule has 6 heteroatoms. The maximum atomic E-state index is 12.2. The van der Waals surface area contributed by atoms with Crippen molar-refractivity contribution in [2.45, 2.75) is 0 Å². The minimum atomic E-state index is -0.242. The lowest BCUT2D eigenvalue weighted by Gasteiger charge is -2.09. The maximum absolute atomic E-state index is 12.2. The van der Waals surface area contributed by atoms with Crippen molar-refractivity contribution >= 4 is 77.6 Å². The van der Waals surface area contributed by atoms with Crippen molar-refractivity contribution in [3.05, 3.63) is 59.5 Å². The molecule has 0 heterocycles. The molecule has 0 fully saturated rings. The van der Waals surface area contributed by atoms with E-state index in [9.17, 15) is 4.79 Å². The second kappa shape index (κ2) is 6.56. The van der Waals surface area contributed by atoms with Crippen LogP contribution in [-0.2, 0) is 0 Å². The maximum Gasteiger partial charge on any atom is 0.257 e. The lowest BCUT2D eigenvalue weighted by Crippen LogP contribution is -2.13. The van der Waals surface area contributed by atoms with Crippen molar-refractivity contribution < 1.29 is 4.79 Å². The Kier molecular flexibility index (Phi) is 5.28. The Hall–Kier alpha value is -0.110. The molecule has 0 spiro atoms. The van der Waals surface area contributed by atoms with Gasteiger partial charge in [0.2, 0.25) is 0 Å². The third kappa shape index (κ3) is 3.71. The van der Waals surface area contributed by atoms with E-state index in [2.05, 4.69) is 59.8 Å². The average molecular weight is 515 g/mol. The third-order valence-corrected chi connectivity index (χ3v) is 5.03. The van der Waals surface area contributed by atoms with E-state index in [1.165, 1.54) is 0 Å². The molecule has 2 aromatic carbocycles. The van der Waals surface area contributed by atoms with E-state index in [-0.39, 0.29) is 5.91 Å². The van der Waals surface area contributed by atoms with Crippen LogP contribution in [0.1, 0.15) is 10.4 Å². The van der Waals surface area contributed by atoms with Crippen LogP contribution in [0.5, 0.6) is 0 Å². The fourth-order valence-electron chi connectivity index (χ4n) is 1.46. The van der Waals surface area contributed by atoms with Gasteiger partial charge in [0, 0.05) is 12.5 Å². The molecule has 1 N–H and O–H groups in total. The minimum absolute atomic E-state index is 0.242. The van der Waals surface area contributed by atoms with E-state index in [0.717, 1.165) is 8.04 Å². The molecule has 0 radical (unpaired) electrons. The molecule has 2 nitrogen and oxygen atoms in total. The monoisotopic (exact) mass is 513 g/mol. The first kappa shape index (κ1) is 15.3. The number of nitrogens with one attached hydrogen (secondary N) is 1. The number of carbonyl (C=O) groups is 1. The SMILES string of the molecule is O=C(Nc1cc(I)ccc1Br)c1cccc(Br)c1Cl. The molecule has 2 rings (SSSR count). The first-order valence-corrected chi connectivity index (χ1v) is 8.23. The van der Waals surface area contributed by atoms with Gasteiger partial charge in [0.05, 0.1) is 16.3 Å². The largest absolute Gasteiger partial charge is 0.321 e. The quantitative estimate of drug-likeness (QED) is 0.510. The van der Waals surface area contributed by atoms with Crippen molar-refractivity contribution in [1.29, 1.82) is 0 Å². The van der Waals surface area contributed by atoms with Gasteiger partial charge in [-0.1, -0.05) is 17.7 Å². The van der Waals surface area contributed by atoms with Crippen molar-refractivity contribution in [2.75, 3.05) is 5.32 Å². The van der Waals surface area contributed by atoms with Gasteiger partial charge in [-0.2, -0.15) is 0 Å². The number of rotatable bonds is 2. The summed E-state index contributed by atoms with van der Waals surface area (Å²) in [5, 5.41) is 3.24. The van der Waals surface area contributed by atoms with Gasteiger partial charge in [-0.15, -0.1) is 0 Å². The van der Waals surface area contributed by atoms with Crippen LogP contribution >= 0.6 is 66.1 Å². The van der Waals surface area contributed by atoms with Crippen LogP contribution in [0.15, 0.2) is 45.3 Å². The lowest BCUT2D eigenvalue weighted by atomic mass is 10.2. The van der Waals surface area contributed by atoms with E-state index < -0.39 is 0 Å². The summed E-state index contributed by atoms with van der Waals surface area (Å²) in [5.74, 6) is -0.242. The molecule has 0 unspecified atom stereocenters. The lowest BCUT2D eigenvalue weighted by molar-refractivity contribution is 0.102. The van der Waals surface area contributed by atoms with E-state index in [4.69, 9.17) is 11.6 Å². The molecular formula is C13H7Br2ClINO. The zero-order valence-corrected chi connectivity index (χ0v) is 15.5. The Morgan fingerprint density at radius 1 is 1.16 bits per heavy atom. The highest BCUT2D eigenvalue weighted by Crippen LogP contribution is 2.28. The summed E-state index contributed by atoms with van der Waals surface area (Å²) in [6.45, 7) is 0. The summed E-state index contributed by atoms with van der Waals surface area (Å²) in [7, 11) is 0. The highest BCUT2D eigenvalue weighted by molar-refractivity contribution is 14.1. The van der Waals surface area contributed by atoms with Crippen molar-refractivity contribution in [3.8, 4) is 0 Å². The summed E-state index contributed by atoms with van der Waals surface area (Å²) in [5.41, 5.74) is 1.15.